The molecule has 0 spiro atoms. The van der Waals surface area contributed by atoms with E-state index >= 15 is 0 Å². The van der Waals surface area contributed by atoms with Crippen molar-refractivity contribution in [1.29, 1.82) is 0 Å². The largest absolute Gasteiger partial charge is 0.494 e. The molecule has 804 valence electrons. The summed E-state index contributed by atoms with van der Waals surface area (Å²) in [5.41, 5.74) is 2.61. The summed E-state index contributed by atoms with van der Waals surface area (Å²) in [5, 5.41) is 105. The maximum absolute atomic E-state index is 14.6. The third kappa shape index (κ3) is 39.4. The molecule has 0 bridgehead atoms. The van der Waals surface area contributed by atoms with Gasteiger partial charge in [0.1, 0.15) is 41.7 Å². The van der Waals surface area contributed by atoms with Crippen LogP contribution in [0.15, 0.2) is 108 Å². The van der Waals surface area contributed by atoms with Gasteiger partial charge in [-0.25, -0.2) is 37.3 Å². The molecule has 1 unspecified atom stereocenters. The van der Waals surface area contributed by atoms with Gasteiger partial charge in [-0.3, -0.25) is 86.4 Å². The Morgan fingerprint density at radius 3 is 1.22 bits per heavy atom. The smallest absolute Gasteiger partial charge is 0.323 e. The number of nitrogens with one attached hydrogen (secondary N) is 15. The number of H-pyrrole nitrogens is 2. The van der Waals surface area contributed by atoms with Crippen molar-refractivity contribution in [2.24, 2.45) is 0 Å². The number of hydrogen-bond acceptors (Lipinski definition) is 37. The van der Waals surface area contributed by atoms with Crippen molar-refractivity contribution in [2.45, 2.75) is 139 Å². The summed E-state index contributed by atoms with van der Waals surface area (Å²) in [6, 6.07) is 7.01. The number of hydrogen-bond donors (Lipinski definition) is 21. The zero-order valence-electron chi connectivity index (χ0n) is 81.3. The van der Waals surface area contributed by atoms with Gasteiger partial charge in [0, 0.05) is 208 Å². The standard InChI is InChI=1S/C89H125N25O29S4/c1-6-109-31-33-110(35-36-112(53-78(121)122)38-37-111(34-32-109)52-77(119)120)51-76(118)104-66(85(127)106-70(55-145-143-141-133)84(126)93-24-22-91-74(116)12-8-40-139-65-43-58(4)80(59(5)44-65)147(136,137)108-68(87(130)131)50-101-82(124)61-14-17-72-63(46-61)48-103-114(72)30-10-20-95-89-98-27-28-99-89)15-18-75(117)105-69(54-144-142-140-132)83(125)92-23-21-90-73(115)11-7-39-138-64-41-56(2)79(57(3)42-64)146(134,135)107-67(86(128)129)49-100-81(123)60-13-16-71-62(45-60)47-102-113(71)29-9-19-94-88-96-25-26-97-88/h13-14,16-17,25-28,41-48,66-70,107-108,132-133H,6-12,15,18-24,29-40,49-55H2,1-5H3,(H,90,115)(H,91,116)(H,92,125)(H,93,126)(H,100,123)(H,101,124)(H,104,118)(H,105,117)(H,106,127)(H,119,120)(H,121,122)(H,128,129)(H,130,131)(H2,94,96,97)(H2,95,98,99)/t66-,67-,68?,69-,70-/m0/s1. The fourth-order valence-corrected chi connectivity index (χ4v) is 19.8. The van der Waals surface area contributed by atoms with Gasteiger partial charge >= 0.3 is 23.9 Å². The minimum absolute atomic E-state index is 0.0369. The predicted octanol–water partition coefficient (Wildman–Crippen LogP) is -0.340. The molecule has 0 radical (unpaired) electrons. The summed E-state index contributed by atoms with van der Waals surface area (Å²) >= 11 is 0.738. The van der Waals surface area contributed by atoms with E-state index in [1.54, 1.807) is 97.6 Å². The SMILES string of the molecule is CCN1CCN(CC(=O)O)CCN(CC(=O)O)CCN(CC(=O)N[C@@H](CCC(=O)N[C@@H](CSOOO)C(=O)NCCNC(=O)CCCOc2cc(C)c(S(=O)(=O)N[C@@H](CNC(=O)c3ccc4c(cnn4CCCNc4ncc[nH]4)c3)C(=O)O)c(C)c2)C(=O)N[C@@H](CSOOO)C(=O)NCCNC(=O)CCCOc2cc(C)c(S(=O)(=O)NC(CNC(=O)c3ccc4c(cnn4CCCNc4ncc[nH]4)c3)C(=O)O)c(C)c2)CC1. The first-order valence-electron chi connectivity index (χ1n) is 46.8. The quantitative estimate of drug-likeness (QED) is 0.0100. The van der Waals surface area contributed by atoms with Crippen molar-refractivity contribution in [1.82, 2.24) is 116 Å². The average Bonchev–Trinajstić information content (AvgIpc) is 1.65. The van der Waals surface area contributed by atoms with Crippen LogP contribution in [0.5, 0.6) is 11.5 Å². The van der Waals surface area contributed by atoms with Gasteiger partial charge in [-0.15, -0.1) is 8.67 Å². The van der Waals surface area contributed by atoms with Gasteiger partial charge in [0.25, 0.3) is 11.8 Å². The second-order valence-electron chi connectivity index (χ2n) is 33.9. The maximum atomic E-state index is 14.6. The van der Waals surface area contributed by atoms with Crippen molar-refractivity contribution in [3.05, 3.63) is 131 Å². The number of carboxylic acids is 4. The Hall–Kier alpha value is -13.3. The van der Waals surface area contributed by atoms with Crippen LogP contribution in [-0.4, -0.2) is 370 Å². The molecule has 9 amide bonds. The number of carbonyl (C=O) groups excluding carboxylic acids is 9. The number of nitrogens with zero attached hydrogens (tertiary/aromatic N) is 10. The van der Waals surface area contributed by atoms with Gasteiger partial charge in [-0.1, -0.05) is 17.0 Å². The van der Waals surface area contributed by atoms with E-state index in [-0.39, 0.29) is 159 Å². The highest BCUT2D eigenvalue weighted by Gasteiger charge is 2.35. The molecule has 0 aliphatic carbocycles. The molecular weight excluding hydrogens is 2010 g/mol. The lowest BCUT2D eigenvalue weighted by atomic mass is 10.1. The number of likely N-dealkylation sites (N-methyl/N-ethyl adjacent to an activating group) is 1. The number of ether oxygens (including phenoxy) is 2. The Morgan fingerprint density at radius 1 is 0.442 bits per heavy atom. The second kappa shape index (κ2) is 60.1. The van der Waals surface area contributed by atoms with Gasteiger partial charge < -0.3 is 103 Å². The summed E-state index contributed by atoms with van der Waals surface area (Å²) in [6.07, 6.45) is 10.2. The first-order valence-corrected chi connectivity index (χ1v) is 51.6. The minimum Gasteiger partial charge on any atom is -0.494 e. The van der Waals surface area contributed by atoms with Crippen molar-refractivity contribution in [2.75, 3.05) is 166 Å². The maximum Gasteiger partial charge on any atom is 0.323 e. The first kappa shape index (κ1) is 117. The van der Waals surface area contributed by atoms with Crippen LogP contribution in [-0.2, 0) is 105 Å². The molecular formula is C89H125N25O29S4. The number of aromatic nitrogens is 8. The lowest BCUT2D eigenvalue weighted by Crippen LogP contribution is -2.56. The number of fused-ring (bicyclic) bond motifs is 2. The monoisotopic (exact) mass is 2140 g/mol. The molecule has 54 nitrogen and oxygen atoms in total. The van der Waals surface area contributed by atoms with Crippen LogP contribution >= 0.6 is 24.1 Å². The van der Waals surface area contributed by atoms with Crippen molar-refractivity contribution in [3.8, 4) is 11.5 Å². The van der Waals surface area contributed by atoms with E-state index in [2.05, 4.69) is 117 Å². The van der Waals surface area contributed by atoms with E-state index in [1.165, 1.54) is 52.0 Å². The Bertz CT molecular complexity index is 5940. The van der Waals surface area contributed by atoms with Crippen LogP contribution in [0.4, 0.5) is 11.9 Å². The van der Waals surface area contributed by atoms with E-state index in [0.29, 0.717) is 112 Å². The van der Waals surface area contributed by atoms with E-state index < -0.39 is 178 Å². The van der Waals surface area contributed by atoms with Gasteiger partial charge in [0.15, 0.2) is 11.9 Å². The number of aryl methyl sites for hydroxylation is 6. The Kier molecular flexibility index (Phi) is 47.9. The number of amides is 9. The highest BCUT2D eigenvalue weighted by atomic mass is 32.2. The number of carbonyl (C=O) groups is 13. The second-order valence-corrected chi connectivity index (χ2v) is 38.6. The van der Waals surface area contributed by atoms with E-state index in [9.17, 15) is 99.6 Å². The van der Waals surface area contributed by atoms with E-state index in [0.717, 1.165) is 11.0 Å². The van der Waals surface area contributed by atoms with Crippen molar-refractivity contribution in [3.63, 3.8) is 0 Å². The number of imidazole rings is 2. The summed E-state index contributed by atoms with van der Waals surface area (Å²) in [7, 11) is -9.08. The summed E-state index contributed by atoms with van der Waals surface area (Å²) in [5.74, 6) is -11.3. The van der Waals surface area contributed by atoms with Crippen LogP contribution in [0.2, 0.25) is 0 Å². The zero-order chi connectivity index (χ0) is 107. The van der Waals surface area contributed by atoms with Gasteiger partial charge in [-0.2, -0.15) is 19.6 Å². The summed E-state index contributed by atoms with van der Waals surface area (Å²) < 4.78 is 84.1. The highest BCUT2D eigenvalue weighted by molar-refractivity contribution is 7.94. The van der Waals surface area contributed by atoms with Crippen molar-refractivity contribution >= 4 is 155 Å². The summed E-state index contributed by atoms with van der Waals surface area (Å²) in [4.78, 5) is 193. The molecule has 8 aromatic rings. The molecule has 21 N–H and O–H groups in total. The number of aromatic amines is 2. The molecule has 58 heteroatoms. The lowest BCUT2D eigenvalue weighted by molar-refractivity contribution is -0.432. The molecule has 4 aromatic heterocycles. The average molecular weight is 2140 g/mol. The first-order chi connectivity index (χ1) is 70.4. The molecule has 147 heavy (non-hydrogen) atoms. The van der Waals surface area contributed by atoms with Crippen LogP contribution < -0.4 is 77.4 Å². The van der Waals surface area contributed by atoms with Crippen LogP contribution in [0.25, 0.3) is 21.8 Å². The Labute approximate surface area is 853 Å². The molecule has 5 atom stereocenters. The number of carboxylic acid groups (broad SMARTS) is 4. The van der Waals surface area contributed by atoms with Gasteiger partial charge in [-0.05, 0) is 149 Å². The third-order valence-electron chi connectivity index (χ3n) is 22.8. The number of benzene rings is 4. The fourth-order valence-electron chi connectivity index (χ4n) is 15.6. The number of sulfonamides is 2. The number of aliphatic carboxylic acids is 4. The molecule has 1 saturated heterocycles. The molecule has 1 aliphatic heterocycles. The highest BCUT2D eigenvalue weighted by Crippen LogP contribution is 2.29. The van der Waals surface area contributed by atoms with Gasteiger partial charge in [0.05, 0.1) is 77.6 Å². The molecule has 5 heterocycles. The van der Waals surface area contributed by atoms with Crippen LogP contribution in [0.1, 0.15) is 101 Å². The fraction of sp³-hybridized carbons (Fsp3) is 0.494. The molecule has 0 saturated carbocycles. The topological polar surface area (TPSA) is 729 Å². The van der Waals surface area contributed by atoms with Gasteiger partial charge in [0.2, 0.25) is 61.4 Å². The minimum atomic E-state index is -4.54. The molecule has 4 aromatic carbocycles. The Morgan fingerprint density at radius 2 is 0.837 bits per heavy atom. The Balaban J connectivity index is 0.743. The van der Waals surface area contributed by atoms with Crippen LogP contribution in [0.3, 0.4) is 0 Å². The molecule has 1 fully saturated rings. The van der Waals surface area contributed by atoms with E-state index in [4.69, 9.17) is 20.0 Å². The molecule has 1 aliphatic rings. The normalized spacial score (nSPS) is 14.2. The zero-order valence-corrected chi connectivity index (χ0v) is 84.6. The lowest BCUT2D eigenvalue weighted by Gasteiger charge is -2.33. The third-order valence-corrected chi connectivity index (χ3v) is 27.6. The van der Waals surface area contributed by atoms with Crippen LogP contribution in [0, 0.1) is 27.7 Å². The summed E-state index contributed by atoms with van der Waals surface area (Å²) in [6.45, 7) is 9.21. The molecule has 9 rings (SSSR count). The number of rotatable bonds is 64. The number of anilines is 2. The predicted molar refractivity (Wildman–Crippen MR) is 531 cm³/mol. The van der Waals surface area contributed by atoms with Crippen molar-refractivity contribution < 1.29 is 138 Å². The van der Waals surface area contributed by atoms with E-state index in [1.807, 2.05) is 11.8 Å².